The van der Waals surface area contributed by atoms with Crippen molar-refractivity contribution in [2.45, 2.75) is 6.54 Å². The summed E-state index contributed by atoms with van der Waals surface area (Å²) < 4.78 is 6.26. The van der Waals surface area contributed by atoms with Crippen molar-refractivity contribution in [1.29, 1.82) is 0 Å². The van der Waals surface area contributed by atoms with Crippen molar-refractivity contribution < 1.29 is 14.3 Å². The second kappa shape index (κ2) is 8.64. The Morgan fingerprint density at radius 3 is 2.46 bits per heavy atom. The molecule has 7 heteroatoms. The lowest BCUT2D eigenvalue weighted by Crippen LogP contribution is -2.30. The first-order valence-electron chi connectivity index (χ1n) is 8.51. The van der Waals surface area contributed by atoms with Gasteiger partial charge in [0.15, 0.2) is 12.3 Å². The molecule has 2 aromatic carbocycles. The molecule has 140 valence electrons. The first kappa shape index (κ1) is 18.9. The quantitative estimate of drug-likeness (QED) is 0.519. The predicted octanol–water partition coefficient (Wildman–Crippen LogP) is 1.35. The first-order chi connectivity index (χ1) is 13.6. The topological polar surface area (TPSA) is 90.3 Å². The number of hydrogen-bond donors (Lipinski definition) is 1. The smallest absolute Gasteiger partial charge is 0.359 e. The maximum Gasteiger partial charge on any atom is 0.359 e. The zero-order valence-electron chi connectivity index (χ0n) is 14.9. The number of esters is 1. The second-order valence-electron chi connectivity index (χ2n) is 5.90. The Labute approximate surface area is 160 Å². The third-order valence-electron chi connectivity index (χ3n) is 3.96. The molecule has 0 aliphatic heterocycles. The van der Waals surface area contributed by atoms with Gasteiger partial charge in [-0.1, -0.05) is 54.5 Å². The van der Waals surface area contributed by atoms with Gasteiger partial charge in [-0.05, 0) is 11.6 Å². The maximum absolute atomic E-state index is 12.8. The van der Waals surface area contributed by atoms with Crippen LogP contribution >= 0.6 is 0 Å². The summed E-state index contributed by atoms with van der Waals surface area (Å²) in [7, 11) is 0. The highest BCUT2D eigenvalue weighted by Crippen LogP contribution is 2.15. The average Bonchev–Trinajstić information content (AvgIpc) is 2.73. The number of carbonyl (C=O) groups excluding carboxylic acids is 2. The van der Waals surface area contributed by atoms with E-state index in [1.54, 1.807) is 24.3 Å². The minimum atomic E-state index is -0.797. The van der Waals surface area contributed by atoms with E-state index in [0.29, 0.717) is 10.8 Å². The van der Waals surface area contributed by atoms with E-state index in [1.165, 1.54) is 4.68 Å². The molecule has 0 aliphatic carbocycles. The van der Waals surface area contributed by atoms with Gasteiger partial charge in [-0.15, -0.1) is 6.42 Å². The van der Waals surface area contributed by atoms with E-state index in [1.807, 2.05) is 30.3 Å². The zero-order chi connectivity index (χ0) is 19.9. The Hall–Kier alpha value is -3.92. The van der Waals surface area contributed by atoms with Gasteiger partial charge in [0.25, 0.3) is 11.5 Å². The van der Waals surface area contributed by atoms with Gasteiger partial charge in [-0.2, -0.15) is 5.10 Å². The molecule has 28 heavy (non-hydrogen) atoms. The summed E-state index contributed by atoms with van der Waals surface area (Å²) >= 11 is 0. The van der Waals surface area contributed by atoms with Crippen molar-refractivity contribution in [2.75, 3.05) is 13.2 Å². The van der Waals surface area contributed by atoms with Crippen molar-refractivity contribution >= 4 is 22.6 Å². The lowest BCUT2D eigenvalue weighted by molar-refractivity contribution is -0.123. The molecule has 0 aliphatic rings. The molecule has 1 heterocycles. The molecule has 1 aromatic heterocycles. The Morgan fingerprint density at radius 1 is 1.07 bits per heavy atom. The molecular formula is C21H17N3O4. The first-order valence-corrected chi connectivity index (χ1v) is 8.51. The molecule has 0 fully saturated rings. The Morgan fingerprint density at radius 2 is 1.75 bits per heavy atom. The fourth-order valence-electron chi connectivity index (χ4n) is 2.65. The molecular weight excluding hydrogens is 358 g/mol. The Balaban J connectivity index is 1.93. The van der Waals surface area contributed by atoms with Gasteiger partial charge in [-0.3, -0.25) is 9.59 Å². The summed E-state index contributed by atoms with van der Waals surface area (Å²) in [4.78, 5) is 36.9. The number of hydrogen-bond acceptors (Lipinski definition) is 5. The normalized spacial score (nSPS) is 10.2. The van der Waals surface area contributed by atoms with Gasteiger partial charge in [-0.25, -0.2) is 9.48 Å². The van der Waals surface area contributed by atoms with Crippen LogP contribution in [0.15, 0.2) is 59.4 Å². The van der Waals surface area contributed by atoms with E-state index in [-0.39, 0.29) is 24.3 Å². The third-order valence-corrected chi connectivity index (χ3v) is 3.96. The fraction of sp³-hybridized carbons (Fsp3) is 0.143. The number of ether oxygens (including phenoxy) is 1. The summed E-state index contributed by atoms with van der Waals surface area (Å²) in [5.41, 5.74) is 0.513. The van der Waals surface area contributed by atoms with Crippen LogP contribution in [0.25, 0.3) is 10.8 Å². The minimum absolute atomic E-state index is 0.0316. The van der Waals surface area contributed by atoms with Gasteiger partial charge in [0, 0.05) is 5.39 Å². The van der Waals surface area contributed by atoms with Crippen molar-refractivity contribution in [3.8, 4) is 12.3 Å². The Kier molecular flexibility index (Phi) is 5.82. The SMILES string of the molecule is C#CCNC(=O)COC(=O)c1nn(Cc2ccccc2)c(=O)c2ccccc12. The minimum Gasteiger partial charge on any atom is -0.451 e. The molecule has 0 atom stereocenters. The van der Waals surface area contributed by atoms with E-state index >= 15 is 0 Å². The predicted molar refractivity (Wildman–Crippen MR) is 104 cm³/mol. The Bertz CT molecular complexity index is 1110. The standard InChI is InChI=1S/C21H17N3O4/c1-2-12-22-18(25)14-28-21(27)19-16-10-6-7-11-17(16)20(26)24(23-19)13-15-8-4-3-5-9-15/h1,3-11H,12-14H2,(H,22,25). The van der Waals surface area contributed by atoms with Crippen LogP contribution in [0.1, 0.15) is 16.1 Å². The monoisotopic (exact) mass is 375 g/mol. The van der Waals surface area contributed by atoms with Crippen LogP contribution in [0.2, 0.25) is 0 Å². The van der Waals surface area contributed by atoms with Crippen molar-refractivity contribution in [3.63, 3.8) is 0 Å². The van der Waals surface area contributed by atoms with Crippen LogP contribution < -0.4 is 10.9 Å². The van der Waals surface area contributed by atoms with E-state index in [4.69, 9.17) is 11.2 Å². The summed E-state index contributed by atoms with van der Waals surface area (Å²) in [6, 6.07) is 15.9. The van der Waals surface area contributed by atoms with Crippen LogP contribution in [-0.2, 0) is 16.1 Å². The molecule has 7 nitrogen and oxygen atoms in total. The largest absolute Gasteiger partial charge is 0.451 e. The van der Waals surface area contributed by atoms with E-state index in [9.17, 15) is 14.4 Å². The molecule has 0 bridgehead atoms. The lowest BCUT2D eigenvalue weighted by Gasteiger charge is -2.11. The van der Waals surface area contributed by atoms with Gasteiger partial charge >= 0.3 is 5.97 Å². The lowest BCUT2D eigenvalue weighted by atomic mass is 10.1. The third kappa shape index (κ3) is 4.24. The number of fused-ring (bicyclic) bond motifs is 1. The maximum atomic E-state index is 12.8. The summed E-state index contributed by atoms with van der Waals surface area (Å²) in [6.45, 7) is -0.249. The molecule has 3 rings (SSSR count). The molecule has 1 N–H and O–H groups in total. The summed E-state index contributed by atoms with van der Waals surface area (Å²) in [5, 5.41) is 7.31. The fourth-order valence-corrected chi connectivity index (χ4v) is 2.65. The van der Waals surface area contributed by atoms with Gasteiger partial charge < -0.3 is 10.1 Å². The number of benzene rings is 2. The van der Waals surface area contributed by atoms with Crippen LogP contribution in [-0.4, -0.2) is 34.8 Å². The highest BCUT2D eigenvalue weighted by atomic mass is 16.5. The van der Waals surface area contributed by atoms with E-state index < -0.39 is 18.5 Å². The number of nitrogens with zero attached hydrogens (tertiary/aromatic N) is 2. The summed E-state index contributed by atoms with van der Waals surface area (Å²) in [5.74, 6) is 0.939. The van der Waals surface area contributed by atoms with Crippen molar-refractivity contribution in [1.82, 2.24) is 15.1 Å². The van der Waals surface area contributed by atoms with E-state index in [2.05, 4.69) is 16.3 Å². The number of amides is 1. The molecule has 0 spiro atoms. The number of rotatable bonds is 6. The molecule has 0 unspecified atom stereocenters. The molecule has 1 amide bonds. The zero-order valence-corrected chi connectivity index (χ0v) is 14.9. The average molecular weight is 375 g/mol. The molecule has 0 saturated carbocycles. The van der Waals surface area contributed by atoms with Crippen molar-refractivity contribution in [2.24, 2.45) is 0 Å². The highest BCUT2D eigenvalue weighted by molar-refractivity contribution is 6.02. The number of terminal acetylenes is 1. The van der Waals surface area contributed by atoms with Gasteiger partial charge in [0.2, 0.25) is 0 Å². The van der Waals surface area contributed by atoms with Crippen LogP contribution in [0.4, 0.5) is 0 Å². The number of nitrogens with one attached hydrogen (secondary N) is 1. The molecule has 0 radical (unpaired) electrons. The van der Waals surface area contributed by atoms with Gasteiger partial charge in [0.05, 0.1) is 18.5 Å². The number of carbonyl (C=O) groups is 2. The highest BCUT2D eigenvalue weighted by Gasteiger charge is 2.19. The molecule has 3 aromatic rings. The second-order valence-corrected chi connectivity index (χ2v) is 5.90. The van der Waals surface area contributed by atoms with Crippen LogP contribution in [0.3, 0.4) is 0 Å². The summed E-state index contributed by atoms with van der Waals surface area (Å²) in [6.07, 6.45) is 5.07. The van der Waals surface area contributed by atoms with E-state index in [0.717, 1.165) is 5.56 Å². The van der Waals surface area contributed by atoms with Crippen LogP contribution in [0.5, 0.6) is 0 Å². The van der Waals surface area contributed by atoms with Crippen molar-refractivity contribution in [3.05, 3.63) is 76.2 Å². The molecule has 0 saturated heterocycles. The van der Waals surface area contributed by atoms with Gasteiger partial charge in [0.1, 0.15) is 0 Å². The van der Waals surface area contributed by atoms with Crippen LogP contribution in [0, 0.1) is 12.3 Å². The number of aromatic nitrogens is 2.